The molecule has 4 rings (SSSR count). The third-order valence-electron chi connectivity index (χ3n) is 4.97. The zero-order valence-electron chi connectivity index (χ0n) is 14.7. The Morgan fingerprint density at radius 2 is 2.08 bits per heavy atom. The second-order valence-electron chi connectivity index (χ2n) is 6.67. The van der Waals surface area contributed by atoms with E-state index in [1.54, 1.807) is 4.68 Å². The molecule has 0 radical (unpaired) electrons. The van der Waals surface area contributed by atoms with E-state index in [4.69, 9.17) is 0 Å². The van der Waals surface area contributed by atoms with Crippen LogP contribution >= 0.6 is 15.9 Å². The largest absolute Gasteiger partial charge is 0.367 e. The Morgan fingerprint density at radius 3 is 2.88 bits per heavy atom. The van der Waals surface area contributed by atoms with Gasteiger partial charge in [-0.1, -0.05) is 34.1 Å². The SMILES string of the molecule is Cn1nc2cc(Br)ccc2c1C(=O)NC[C@@H]1CCCN1c1ccccc1. The van der Waals surface area contributed by atoms with Gasteiger partial charge in [-0.3, -0.25) is 9.48 Å². The van der Waals surface area contributed by atoms with Crippen LogP contribution in [0.25, 0.3) is 10.9 Å². The lowest BCUT2D eigenvalue weighted by molar-refractivity contribution is 0.0943. The van der Waals surface area contributed by atoms with Crippen molar-refractivity contribution >= 4 is 38.4 Å². The highest BCUT2D eigenvalue weighted by molar-refractivity contribution is 9.10. The summed E-state index contributed by atoms with van der Waals surface area (Å²) in [6.45, 7) is 1.67. The van der Waals surface area contributed by atoms with Gasteiger partial charge in [0, 0.05) is 41.7 Å². The van der Waals surface area contributed by atoms with Crippen molar-refractivity contribution < 1.29 is 4.79 Å². The van der Waals surface area contributed by atoms with Crippen LogP contribution in [0.2, 0.25) is 0 Å². The molecular weight excluding hydrogens is 392 g/mol. The number of carbonyl (C=O) groups is 1. The summed E-state index contributed by atoms with van der Waals surface area (Å²) in [7, 11) is 1.81. The molecule has 0 saturated carbocycles. The number of carbonyl (C=O) groups excluding carboxylic acids is 1. The number of hydrogen-bond acceptors (Lipinski definition) is 3. The lowest BCUT2D eigenvalue weighted by Gasteiger charge is -2.27. The van der Waals surface area contributed by atoms with Crippen molar-refractivity contribution in [3.05, 3.63) is 58.7 Å². The van der Waals surface area contributed by atoms with E-state index in [1.807, 2.05) is 31.3 Å². The Labute approximate surface area is 161 Å². The van der Waals surface area contributed by atoms with Crippen LogP contribution in [0, 0.1) is 0 Å². The number of rotatable bonds is 4. The van der Waals surface area contributed by atoms with Gasteiger partial charge in [0.2, 0.25) is 0 Å². The second-order valence-corrected chi connectivity index (χ2v) is 7.58. The van der Waals surface area contributed by atoms with Crippen molar-refractivity contribution in [3.63, 3.8) is 0 Å². The smallest absolute Gasteiger partial charge is 0.270 e. The number of benzene rings is 2. The topological polar surface area (TPSA) is 50.2 Å². The van der Waals surface area contributed by atoms with Gasteiger partial charge in [-0.25, -0.2) is 0 Å². The van der Waals surface area contributed by atoms with Crippen LogP contribution in [0.3, 0.4) is 0 Å². The highest BCUT2D eigenvalue weighted by atomic mass is 79.9. The Kier molecular flexibility index (Phi) is 4.68. The normalized spacial score (nSPS) is 17.0. The van der Waals surface area contributed by atoms with Crippen LogP contribution in [0.1, 0.15) is 23.3 Å². The van der Waals surface area contributed by atoms with Crippen molar-refractivity contribution in [1.82, 2.24) is 15.1 Å². The van der Waals surface area contributed by atoms with E-state index in [0.29, 0.717) is 18.3 Å². The fourth-order valence-electron chi connectivity index (χ4n) is 3.74. The molecule has 0 bridgehead atoms. The van der Waals surface area contributed by atoms with Crippen LogP contribution in [0.5, 0.6) is 0 Å². The summed E-state index contributed by atoms with van der Waals surface area (Å²) >= 11 is 3.45. The highest BCUT2D eigenvalue weighted by Gasteiger charge is 2.26. The van der Waals surface area contributed by atoms with Crippen LogP contribution in [-0.2, 0) is 7.05 Å². The number of aromatic nitrogens is 2. The molecule has 26 heavy (non-hydrogen) atoms. The number of anilines is 1. The van der Waals surface area contributed by atoms with E-state index in [-0.39, 0.29) is 5.91 Å². The minimum atomic E-state index is -0.0720. The zero-order chi connectivity index (χ0) is 18.1. The molecule has 3 aromatic rings. The number of fused-ring (bicyclic) bond motifs is 1. The molecule has 1 aromatic heterocycles. The van der Waals surface area contributed by atoms with E-state index in [9.17, 15) is 4.79 Å². The Hall–Kier alpha value is -2.34. The van der Waals surface area contributed by atoms with Gasteiger partial charge in [0.1, 0.15) is 5.69 Å². The molecule has 0 unspecified atom stereocenters. The minimum absolute atomic E-state index is 0.0720. The molecule has 134 valence electrons. The summed E-state index contributed by atoms with van der Waals surface area (Å²) in [6, 6.07) is 16.5. The first-order chi connectivity index (χ1) is 12.6. The van der Waals surface area contributed by atoms with Gasteiger partial charge < -0.3 is 10.2 Å². The monoisotopic (exact) mass is 412 g/mol. The molecule has 0 spiro atoms. The Morgan fingerprint density at radius 1 is 1.27 bits per heavy atom. The van der Waals surface area contributed by atoms with E-state index >= 15 is 0 Å². The summed E-state index contributed by atoms with van der Waals surface area (Å²) in [5, 5.41) is 8.45. The van der Waals surface area contributed by atoms with Gasteiger partial charge in [0.25, 0.3) is 5.91 Å². The van der Waals surface area contributed by atoms with Crippen LogP contribution in [0.15, 0.2) is 53.0 Å². The Bertz CT molecular complexity index is 938. The minimum Gasteiger partial charge on any atom is -0.367 e. The number of aryl methyl sites for hydroxylation is 1. The fraction of sp³-hybridized carbons (Fsp3) is 0.300. The van der Waals surface area contributed by atoms with Crippen LogP contribution in [0.4, 0.5) is 5.69 Å². The molecule has 0 aliphatic carbocycles. The molecular formula is C20H21BrN4O. The predicted molar refractivity (Wildman–Crippen MR) is 108 cm³/mol. The molecule has 1 N–H and O–H groups in total. The van der Waals surface area contributed by atoms with Gasteiger partial charge in [-0.15, -0.1) is 0 Å². The second kappa shape index (κ2) is 7.11. The first kappa shape index (κ1) is 17.1. The number of para-hydroxylation sites is 1. The number of nitrogens with one attached hydrogen (secondary N) is 1. The van der Waals surface area contributed by atoms with Crippen molar-refractivity contribution in [2.45, 2.75) is 18.9 Å². The van der Waals surface area contributed by atoms with E-state index in [2.05, 4.69) is 55.5 Å². The van der Waals surface area contributed by atoms with Crippen molar-refractivity contribution in [1.29, 1.82) is 0 Å². The maximum absolute atomic E-state index is 12.8. The predicted octanol–water partition coefficient (Wildman–Crippen LogP) is 3.73. The summed E-state index contributed by atoms with van der Waals surface area (Å²) in [5.41, 5.74) is 2.65. The molecule has 1 atom stereocenters. The van der Waals surface area contributed by atoms with Gasteiger partial charge in [0.05, 0.1) is 5.52 Å². The molecule has 1 saturated heterocycles. The van der Waals surface area contributed by atoms with Crippen molar-refractivity contribution in [2.24, 2.45) is 7.05 Å². The van der Waals surface area contributed by atoms with Crippen LogP contribution < -0.4 is 10.2 Å². The number of nitrogens with zero attached hydrogens (tertiary/aromatic N) is 3. The summed E-state index contributed by atoms with van der Waals surface area (Å²) in [4.78, 5) is 15.2. The highest BCUT2D eigenvalue weighted by Crippen LogP contribution is 2.25. The van der Waals surface area contributed by atoms with Gasteiger partial charge in [0.15, 0.2) is 0 Å². The number of halogens is 1. The standard InChI is InChI=1S/C20H21BrN4O/c1-24-19(17-10-9-14(21)12-18(17)23-24)20(26)22-13-16-8-5-11-25(16)15-6-3-2-4-7-15/h2-4,6-7,9-10,12,16H,5,8,11,13H2,1H3,(H,22,26)/t16-/m0/s1. The molecule has 2 aromatic carbocycles. The van der Waals surface area contributed by atoms with Crippen molar-refractivity contribution in [3.8, 4) is 0 Å². The van der Waals surface area contributed by atoms with Crippen LogP contribution in [-0.4, -0.2) is 34.8 Å². The average molecular weight is 413 g/mol. The fourth-order valence-corrected chi connectivity index (χ4v) is 4.09. The molecule has 1 aliphatic rings. The lowest BCUT2D eigenvalue weighted by Crippen LogP contribution is -2.40. The molecule has 1 aliphatic heterocycles. The van der Waals surface area contributed by atoms with Gasteiger partial charge >= 0.3 is 0 Å². The third-order valence-corrected chi connectivity index (χ3v) is 5.47. The summed E-state index contributed by atoms with van der Waals surface area (Å²) < 4.78 is 2.62. The quantitative estimate of drug-likeness (QED) is 0.709. The summed E-state index contributed by atoms with van der Waals surface area (Å²) in [6.07, 6.45) is 2.24. The zero-order valence-corrected chi connectivity index (χ0v) is 16.2. The van der Waals surface area contributed by atoms with Crippen molar-refractivity contribution in [2.75, 3.05) is 18.0 Å². The maximum atomic E-state index is 12.8. The number of amides is 1. The average Bonchev–Trinajstić information content (AvgIpc) is 3.23. The van der Waals surface area contributed by atoms with E-state index in [1.165, 1.54) is 5.69 Å². The number of hydrogen-bond donors (Lipinski definition) is 1. The molecule has 1 amide bonds. The maximum Gasteiger partial charge on any atom is 0.270 e. The Balaban J connectivity index is 1.50. The van der Waals surface area contributed by atoms with Gasteiger partial charge in [-0.2, -0.15) is 5.10 Å². The summed E-state index contributed by atoms with van der Waals surface area (Å²) in [5.74, 6) is -0.0720. The third kappa shape index (κ3) is 3.21. The lowest BCUT2D eigenvalue weighted by atomic mass is 10.1. The molecule has 6 heteroatoms. The molecule has 5 nitrogen and oxygen atoms in total. The first-order valence-electron chi connectivity index (χ1n) is 8.85. The molecule has 2 heterocycles. The van der Waals surface area contributed by atoms with E-state index < -0.39 is 0 Å². The molecule has 1 fully saturated rings. The van der Waals surface area contributed by atoms with E-state index in [0.717, 1.165) is 34.8 Å². The first-order valence-corrected chi connectivity index (χ1v) is 9.65. The van der Waals surface area contributed by atoms with Gasteiger partial charge in [-0.05, 0) is 43.2 Å².